The first kappa shape index (κ1) is 16.7. The highest BCUT2D eigenvalue weighted by Crippen LogP contribution is 2.31. The van der Waals surface area contributed by atoms with Gasteiger partial charge in [-0.25, -0.2) is 4.79 Å². The number of benzene rings is 1. The van der Waals surface area contributed by atoms with Gasteiger partial charge in [-0.3, -0.25) is 9.59 Å². The van der Waals surface area contributed by atoms with E-state index < -0.39 is 29.5 Å². The summed E-state index contributed by atoms with van der Waals surface area (Å²) < 4.78 is 10.0. The van der Waals surface area contributed by atoms with Gasteiger partial charge in [0.05, 0.1) is 7.11 Å². The molecule has 0 heterocycles. The van der Waals surface area contributed by atoms with E-state index >= 15 is 0 Å². The number of carbonyl (C=O) groups excluding carboxylic acids is 3. The summed E-state index contributed by atoms with van der Waals surface area (Å²) in [4.78, 5) is 35.0. The van der Waals surface area contributed by atoms with Gasteiger partial charge >= 0.3 is 11.9 Å². The average molecular weight is 293 g/mol. The molecular formula is C15H19NO5. The van der Waals surface area contributed by atoms with Crippen molar-refractivity contribution < 1.29 is 23.9 Å². The fourth-order valence-corrected chi connectivity index (χ4v) is 2.11. The molecule has 2 atom stereocenters. The Morgan fingerprint density at radius 2 is 1.71 bits per heavy atom. The molecule has 6 nitrogen and oxygen atoms in total. The molecule has 6 heteroatoms. The Morgan fingerprint density at radius 3 is 2.14 bits per heavy atom. The third kappa shape index (κ3) is 4.05. The first-order valence-corrected chi connectivity index (χ1v) is 6.40. The smallest absolute Gasteiger partial charge is 0.335 e. The monoisotopic (exact) mass is 293 g/mol. The van der Waals surface area contributed by atoms with Gasteiger partial charge in [0.15, 0.2) is 11.6 Å². The second kappa shape index (κ2) is 6.88. The summed E-state index contributed by atoms with van der Waals surface area (Å²) in [5.41, 5.74) is -0.942. The Kier molecular flexibility index (Phi) is 5.46. The predicted molar refractivity (Wildman–Crippen MR) is 75.2 cm³/mol. The molecule has 1 N–H and O–H groups in total. The van der Waals surface area contributed by atoms with Crippen molar-refractivity contribution in [1.82, 2.24) is 5.32 Å². The lowest BCUT2D eigenvalue weighted by molar-refractivity contribution is -0.165. The molecule has 1 amide bonds. The van der Waals surface area contributed by atoms with Crippen LogP contribution < -0.4 is 5.32 Å². The normalized spacial score (nSPS) is 14.5. The zero-order valence-corrected chi connectivity index (χ0v) is 12.5. The van der Waals surface area contributed by atoms with E-state index in [1.54, 1.807) is 30.3 Å². The van der Waals surface area contributed by atoms with E-state index in [9.17, 15) is 14.4 Å². The summed E-state index contributed by atoms with van der Waals surface area (Å²) in [5.74, 6) is -1.70. The molecule has 0 spiro atoms. The van der Waals surface area contributed by atoms with Crippen LogP contribution in [0.1, 0.15) is 32.4 Å². The van der Waals surface area contributed by atoms with E-state index in [0.29, 0.717) is 5.56 Å². The Bertz CT molecular complexity index is 528. The molecule has 0 saturated carbocycles. The fourth-order valence-electron chi connectivity index (χ4n) is 2.11. The largest absolute Gasteiger partial charge is 0.467 e. The van der Waals surface area contributed by atoms with Crippen LogP contribution in [-0.4, -0.2) is 30.5 Å². The molecule has 0 aliphatic heterocycles. The summed E-state index contributed by atoms with van der Waals surface area (Å²) in [6.45, 7) is 3.97. The van der Waals surface area contributed by atoms with Gasteiger partial charge in [0.25, 0.3) is 0 Å². The summed E-state index contributed by atoms with van der Waals surface area (Å²) >= 11 is 0. The Balaban J connectivity index is 3.33. The third-order valence-electron chi connectivity index (χ3n) is 2.96. The van der Waals surface area contributed by atoms with Gasteiger partial charge in [0.1, 0.15) is 0 Å². The molecular weight excluding hydrogens is 274 g/mol. The Hall–Kier alpha value is -2.37. The van der Waals surface area contributed by atoms with Crippen LogP contribution in [0.15, 0.2) is 30.3 Å². The highest BCUT2D eigenvalue weighted by Gasteiger charge is 2.46. The van der Waals surface area contributed by atoms with E-state index in [4.69, 9.17) is 9.47 Å². The molecule has 0 bridgehead atoms. The van der Waals surface area contributed by atoms with Gasteiger partial charge in [-0.2, -0.15) is 0 Å². The van der Waals surface area contributed by atoms with Crippen molar-refractivity contribution in [3.63, 3.8) is 0 Å². The minimum Gasteiger partial charge on any atom is -0.467 e. The number of hydrogen-bond acceptors (Lipinski definition) is 5. The van der Waals surface area contributed by atoms with Gasteiger partial charge < -0.3 is 14.8 Å². The van der Waals surface area contributed by atoms with Crippen molar-refractivity contribution in [3.05, 3.63) is 35.9 Å². The number of rotatable bonds is 5. The predicted octanol–water partition coefficient (Wildman–Crippen LogP) is 1.36. The van der Waals surface area contributed by atoms with E-state index in [-0.39, 0.29) is 0 Å². The SMILES string of the molecule is COC(=O)[C@](C)(NC(C)=O)[C@H](OC(C)=O)c1ccccc1. The second-order valence-electron chi connectivity index (χ2n) is 4.78. The molecule has 1 rings (SSSR count). The van der Waals surface area contributed by atoms with E-state index in [2.05, 4.69) is 5.32 Å². The molecule has 0 saturated heterocycles. The lowest BCUT2D eigenvalue weighted by Crippen LogP contribution is -2.57. The van der Waals surface area contributed by atoms with Crippen LogP contribution in [0.25, 0.3) is 0 Å². The number of amides is 1. The molecule has 0 radical (unpaired) electrons. The molecule has 0 aromatic heterocycles. The number of esters is 2. The molecule has 1 aromatic carbocycles. The highest BCUT2D eigenvalue weighted by molar-refractivity contribution is 5.88. The molecule has 0 aliphatic rings. The van der Waals surface area contributed by atoms with Crippen molar-refractivity contribution in [1.29, 1.82) is 0 Å². The fraction of sp³-hybridized carbons (Fsp3) is 0.400. The molecule has 0 unspecified atom stereocenters. The van der Waals surface area contributed by atoms with Crippen molar-refractivity contribution in [3.8, 4) is 0 Å². The number of hydrogen-bond donors (Lipinski definition) is 1. The van der Waals surface area contributed by atoms with E-state index in [1.807, 2.05) is 0 Å². The van der Waals surface area contributed by atoms with Gasteiger partial charge in [-0.05, 0) is 12.5 Å². The van der Waals surface area contributed by atoms with E-state index in [0.717, 1.165) is 0 Å². The number of methoxy groups -OCH3 is 1. The zero-order chi connectivity index (χ0) is 16.0. The lowest BCUT2D eigenvalue weighted by Gasteiger charge is -2.34. The van der Waals surface area contributed by atoms with Crippen LogP contribution in [0.3, 0.4) is 0 Å². The van der Waals surface area contributed by atoms with Crippen LogP contribution in [-0.2, 0) is 23.9 Å². The first-order chi connectivity index (χ1) is 9.81. The molecule has 1 aromatic rings. The summed E-state index contributed by atoms with van der Waals surface area (Å²) in [6, 6.07) is 8.70. The van der Waals surface area contributed by atoms with Crippen LogP contribution in [0.4, 0.5) is 0 Å². The van der Waals surface area contributed by atoms with Crippen LogP contribution in [0.2, 0.25) is 0 Å². The Morgan fingerprint density at radius 1 is 1.14 bits per heavy atom. The summed E-state index contributed by atoms with van der Waals surface area (Å²) in [5, 5.41) is 2.52. The van der Waals surface area contributed by atoms with Crippen molar-refractivity contribution in [2.45, 2.75) is 32.4 Å². The van der Waals surface area contributed by atoms with Gasteiger partial charge in [0.2, 0.25) is 5.91 Å². The van der Waals surface area contributed by atoms with Crippen molar-refractivity contribution in [2.24, 2.45) is 0 Å². The summed E-state index contributed by atoms with van der Waals surface area (Å²) in [7, 11) is 1.21. The molecule has 21 heavy (non-hydrogen) atoms. The standard InChI is InChI=1S/C15H19NO5/c1-10(17)16-15(3,14(19)20-4)13(21-11(2)18)12-8-6-5-7-9-12/h5-9,13H,1-4H3,(H,16,17)/t13-,15-/m1/s1. The maximum atomic E-state index is 12.1. The molecule has 114 valence electrons. The third-order valence-corrected chi connectivity index (χ3v) is 2.96. The minimum absolute atomic E-state index is 0.434. The summed E-state index contributed by atoms with van der Waals surface area (Å²) in [6.07, 6.45) is -0.993. The molecule has 0 fully saturated rings. The lowest BCUT2D eigenvalue weighted by atomic mass is 9.88. The van der Waals surface area contributed by atoms with Gasteiger partial charge in [0, 0.05) is 13.8 Å². The maximum Gasteiger partial charge on any atom is 0.335 e. The van der Waals surface area contributed by atoms with Crippen molar-refractivity contribution in [2.75, 3.05) is 7.11 Å². The average Bonchev–Trinajstić information content (AvgIpc) is 2.43. The number of nitrogens with one attached hydrogen (secondary N) is 1. The maximum absolute atomic E-state index is 12.1. The minimum atomic E-state index is -1.52. The number of carbonyl (C=O) groups is 3. The van der Waals surface area contributed by atoms with Crippen molar-refractivity contribution >= 4 is 17.8 Å². The van der Waals surface area contributed by atoms with Crippen LogP contribution >= 0.6 is 0 Å². The van der Waals surface area contributed by atoms with Crippen LogP contribution in [0.5, 0.6) is 0 Å². The zero-order valence-electron chi connectivity index (χ0n) is 12.5. The van der Waals surface area contributed by atoms with Crippen LogP contribution in [0, 0.1) is 0 Å². The first-order valence-electron chi connectivity index (χ1n) is 6.40. The topological polar surface area (TPSA) is 81.7 Å². The van der Waals surface area contributed by atoms with Gasteiger partial charge in [-0.1, -0.05) is 30.3 Å². The Labute approximate surface area is 123 Å². The van der Waals surface area contributed by atoms with Gasteiger partial charge in [-0.15, -0.1) is 0 Å². The quantitative estimate of drug-likeness (QED) is 0.829. The number of ether oxygens (including phenoxy) is 2. The highest BCUT2D eigenvalue weighted by atomic mass is 16.6. The van der Waals surface area contributed by atoms with E-state index in [1.165, 1.54) is 27.9 Å². The molecule has 0 aliphatic carbocycles. The second-order valence-corrected chi connectivity index (χ2v) is 4.78.